The summed E-state index contributed by atoms with van der Waals surface area (Å²) in [6.45, 7) is 4.06. The number of aryl methyl sites for hydroxylation is 1. The molecule has 1 aromatic heterocycles. The molecule has 0 aromatic carbocycles. The van der Waals surface area contributed by atoms with Crippen LogP contribution in [0.1, 0.15) is 32.0 Å². The van der Waals surface area contributed by atoms with E-state index in [2.05, 4.69) is 17.4 Å². The number of rotatable bonds is 6. The topological polar surface area (TPSA) is 74.3 Å². The van der Waals surface area contributed by atoms with Crippen molar-refractivity contribution in [2.75, 3.05) is 14.2 Å². The molecule has 0 amide bonds. The van der Waals surface area contributed by atoms with Crippen molar-refractivity contribution in [1.29, 1.82) is 0 Å². The average molecular weight is 242 g/mol. The second-order valence-electron chi connectivity index (χ2n) is 4.19. The fourth-order valence-electron chi connectivity index (χ4n) is 1.92. The first-order valence-electron chi connectivity index (χ1n) is 5.61. The van der Waals surface area contributed by atoms with Crippen LogP contribution in [-0.4, -0.2) is 29.6 Å². The van der Waals surface area contributed by atoms with Crippen molar-refractivity contribution < 1.29 is 9.47 Å². The fourth-order valence-corrected chi connectivity index (χ4v) is 1.92. The summed E-state index contributed by atoms with van der Waals surface area (Å²) in [6.07, 6.45) is 2.48. The van der Waals surface area contributed by atoms with Gasteiger partial charge >= 0.3 is 0 Å². The predicted molar refractivity (Wildman–Crippen MR) is 65.5 cm³/mol. The first kappa shape index (κ1) is 14.0. The van der Waals surface area contributed by atoms with Gasteiger partial charge in [-0.2, -0.15) is 5.10 Å². The van der Waals surface area contributed by atoms with Crippen LogP contribution < -0.4 is 16.0 Å². The van der Waals surface area contributed by atoms with E-state index in [0.29, 0.717) is 5.75 Å². The molecule has 0 bridgehead atoms. The van der Waals surface area contributed by atoms with Crippen molar-refractivity contribution in [1.82, 2.24) is 15.2 Å². The van der Waals surface area contributed by atoms with Crippen molar-refractivity contribution in [2.45, 2.75) is 31.9 Å². The molecule has 98 valence electrons. The normalized spacial score (nSPS) is 16.6. The minimum absolute atomic E-state index is 0.194. The highest BCUT2D eigenvalue weighted by molar-refractivity contribution is 5.30. The number of nitrogens with zero attached hydrogens (tertiary/aromatic N) is 2. The van der Waals surface area contributed by atoms with Gasteiger partial charge in [0.05, 0.1) is 24.9 Å². The zero-order valence-electron chi connectivity index (χ0n) is 11.2. The summed E-state index contributed by atoms with van der Waals surface area (Å²) in [5, 5.41) is 4.18. The van der Waals surface area contributed by atoms with Gasteiger partial charge in [-0.25, -0.2) is 5.43 Å². The molecule has 0 radical (unpaired) electrons. The Morgan fingerprint density at radius 1 is 1.59 bits per heavy atom. The van der Waals surface area contributed by atoms with E-state index in [9.17, 15) is 0 Å². The molecule has 3 N–H and O–H groups in total. The van der Waals surface area contributed by atoms with Crippen molar-refractivity contribution >= 4 is 0 Å². The molecule has 0 aliphatic carbocycles. The molecule has 1 rings (SSSR count). The Bertz CT molecular complexity index is 360. The molecule has 17 heavy (non-hydrogen) atoms. The van der Waals surface area contributed by atoms with E-state index in [-0.39, 0.29) is 6.04 Å². The molecule has 2 unspecified atom stereocenters. The highest BCUT2D eigenvalue weighted by atomic mass is 16.5. The third-order valence-corrected chi connectivity index (χ3v) is 3.39. The van der Waals surface area contributed by atoms with Gasteiger partial charge in [0, 0.05) is 14.2 Å². The average Bonchev–Trinajstić information content (AvgIpc) is 2.71. The number of nitrogens with two attached hydrogens (primary N) is 1. The lowest BCUT2D eigenvalue weighted by Gasteiger charge is -2.35. The largest absolute Gasteiger partial charge is 0.493 e. The van der Waals surface area contributed by atoms with Gasteiger partial charge in [-0.1, -0.05) is 6.92 Å². The number of hydrogen-bond donors (Lipinski definition) is 2. The third-order valence-electron chi connectivity index (χ3n) is 3.39. The summed E-state index contributed by atoms with van der Waals surface area (Å²) in [5.74, 6) is 6.37. The Morgan fingerprint density at radius 2 is 2.24 bits per heavy atom. The molecule has 0 spiro atoms. The van der Waals surface area contributed by atoms with Crippen LogP contribution in [0.2, 0.25) is 0 Å². The van der Waals surface area contributed by atoms with Crippen LogP contribution in [0, 0.1) is 0 Å². The number of ether oxygens (including phenoxy) is 2. The standard InChI is InChI=1S/C11H22N4O2/c1-6-11(2,17-5)10(14-12)9-8(16-4)7-13-15(9)3/h7,10,14H,6,12H2,1-5H3. The number of methoxy groups -OCH3 is 2. The van der Waals surface area contributed by atoms with E-state index >= 15 is 0 Å². The van der Waals surface area contributed by atoms with E-state index in [1.54, 1.807) is 25.1 Å². The quantitative estimate of drug-likeness (QED) is 0.569. The lowest BCUT2D eigenvalue weighted by molar-refractivity contribution is -0.0326. The molecular weight excluding hydrogens is 220 g/mol. The Hall–Kier alpha value is -1.11. The highest BCUT2D eigenvalue weighted by Gasteiger charge is 2.37. The van der Waals surface area contributed by atoms with E-state index in [1.165, 1.54) is 0 Å². The van der Waals surface area contributed by atoms with Crippen LogP contribution in [0.4, 0.5) is 0 Å². The minimum atomic E-state index is -0.421. The van der Waals surface area contributed by atoms with Gasteiger partial charge in [0.2, 0.25) is 0 Å². The summed E-state index contributed by atoms with van der Waals surface area (Å²) >= 11 is 0. The van der Waals surface area contributed by atoms with Gasteiger partial charge < -0.3 is 9.47 Å². The SMILES string of the molecule is CCC(C)(OC)C(NN)c1c(OC)cnn1C. The third kappa shape index (κ3) is 2.43. The summed E-state index contributed by atoms with van der Waals surface area (Å²) in [7, 11) is 5.15. The molecule has 1 heterocycles. The maximum Gasteiger partial charge on any atom is 0.161 e. The van der Waals surface area contributed by atoms with Gasteiger partial charge in [-0.3, -0.25) is 10.5 Å². The zero-order chi connectivity index (χ0) is 13.1. The Labute approximate surface area is 102 Å². The number of aromatic nitrogens is 2. The number of hydrazine groups is 1. The Morgan fingerprint density at radius 3 is 2.65 bits per heavy atom. The maximum absolute atomic E-state index is 5.67. The summed E-state index contributed by atoms with van der Waals surface area (Å²) in [5.41, 5.74) is 3.25. The van der Waals surface area contributed by atoms with Crippen molar-refractivity contribution in [2.24, 2.45) is 12.9 Å². The van der Waals surface area contributed by atoms with Crippen LogP contribution >= 0.6 is 0 Å². The lowest BCUT2D eigenvalue weighted by atomic mass is 9.90. The van der Waals surface area contributed by atoms with Crippen LogP contribution in [0.3, 0.4) is 0 Å². The van der Waals surface area contributed by atoms with E-state index in [4.69, 9.17) is 15.3 Å². The molecule has 0 aliphatic rings. The predicted octanol–water partition coefficient (Wildman–Crippen LogP) is 0.748. The molecule has 2 atom stereocenters. The second-order valence-corrected chi connectivity index (χ2v) is 4.19. The van der Waals surface area contributed by atoms with Gasteiger partial charge in [-0.05, 0) is 13.3 Å². The van der Waals surface area contributed by atoms with Crippen molar-refractivity contribution in [3.8, 4) is 5.75 Å². The van der Waals surface area contributed by atoms with E-state index in [0.717, 1.165) is 12.1 Å². The van der Waals surface area contributed by atoms with Crippen molar-refractivity contribution in [3.05, 3.63) is 11.9 Å². The molecule has 0 saturated carbocycles. The van der Waals surface area contributed by atoms with Crippen LogP contribution in [0.25, 0.3) is 0 Å². The molecule has 6 heteroatoms. The molecule has 6 nitrogen and oxygen atoms in total. The summed E-state index contributed by atoms with van der Waals surface area (Å²) < 4.78 is 12.6. The zero-order valence-corrected chi connectivity index (χ0v) is 11.2. The maximum atomic E-state index is 5.67. The molecule has 0 aliphatic heterocycles. The Kier molecular flexibility index (Phi) is 4.50. The van der Waals surface area contributed by atoms with Gasteiger partial charge in [0.1, 0.15) is 5.69 Å². The van der Waals surface area contributed by atoms with Gasteiger partial charge in [0.25, 0.3) is 0 Å². The molecule has 0 fully saturated rings. The van der Waals surface area contributed by atoms with Crippen molar-refractivity contribution in [3.63, 3.8) is 0 Å². The fraction of sp³-hybridized carbons (Fsp3) is 0.727. The molecule has 1 aromatic rings. The second kappa shape index (κ2) is 5.48. The highest BCUT2D eigenvalue weighted by Crippen LogP contribution is 2.35. The monoisotopic (exact) mass is 242 g/mol. The minimum Gasteiger partial charge on any atom is -0.493 e. The van der Waals surface area contributed by atoms with Crippen LogP contribution in [0.15, 0.2) is 6.20 Å². The first-order valence-corrected chi connectivity index (χ1v) is 5.61. The van der Waals surface area contributed by atoms with Gasteiger partial charge in [0.15, 0.2) is 5.75 Å². The lowest BCUT2D eigenvalue weighted by Crippen LogP contribution is -2.46. The van der Waals surface area contributed by atoms with E-state index in [1.807, 2.05) is 14.0 Å². The summed E-state index contributed by atoms with van der Waals surface area (Å²) in [4.78, 5) is 0. The number of nitrogens with one attached hydrogen (secondary N) is 1. The number of hydrogen-bond acceptors (Lipinski definition) is 5. The smallest absolute Gasteiger partial charge is 0.161 e. The Balaban J connectivity index is 3.21. The first-order chi connectivity index (χ1) is 8.03. The summed E-state index contributed by atoms with van der Waals surface area (Å²) in [6, 6.07) is -0.194. The van der Waals surface area contributed by atoms with Gasteiger partial charge in [-0.15, -0.1) is 0 Å². The van der Waals surface area contributed by atoms with Crippen LogP contribution in [0.5, 0.6) is 5.75 Å². The molecule has 0 saturated heterocycles. The molecular formula is C11H22N4O2. The van der Waals surface area contributed by atoms with Crippen LogP contribution in [-0.2, 0) is 11.8 Å². The van der Waals surface area contributed by atoms with E-state index < -0.39 is 5.60 Å².